The summed E-state index contributed by atoms with van der Waals surface area (Å²) in [4.78, 5) is 2.40. The van der Waals surface area contributed by atoms with Gasteiger partial charge < -0.3 is 9.32 Å². The van der Waals surface area contributed by atoms with Crippen LogP contribution in [0.1, 0.15) is 0 Å². The maximum atomic E-state index is 6.87. The molecule has 1 heterocycles. The predicted molar refractivity (Wildman–Crippen MR) is 237 cm³/mol. The number of rotatable bonds is 6. The summed E-state index contributed by atoms with van der Waals surface area (Å²) in [7, 11) is 0. The summed E-state index contributed by atoms with van der Waals surface area (Å²) in [6.07, 6.45) is 0. The number of anilines is 3. The third-order valence-corrected chi connectivity index (χ3v) is 11.3. The van der Waals surface area contributed by atoms with Crippen molar-refractivity contribution in [3.8, 4) is 33.4 Å². The minimum absolute atomic E-state index is 0.871. The van der Waals surface area contributed by atoms with Gasteiger partial charge in [-0.1, -0.05) is 170 Å². The van der Waals surface area contributed by atoms with Gasteiger partial charge in [0.1, 0.15) is 11.2 Å². The second-order valence-corrected chi connectivity index (χ2v) is 14.5. The molecule has 0 bridgehead atoms. The minimum Gasteiger partial charge on any atom is -0.455 e. The number of para-hydroxylation sites is 1. The Balaban J connectivity index is 1.12. The second kappa shape index (κ2) is 13.2. The molecule has 56 heavy (non-hydrogen) atoms. The molecule has 262 valence electrons. The van der Waals surface area contributed by atoms with Gasteiger partial charge in [-0.3, -0.25) is 0 Å². The largest absolute Gasteiger partial charge is 0.455 e. The van der Waals surface area contributed by atoms with Crippen LogP contribution in [0.3, 0.4) is 0 Å². The monoisotopic (exact) mass is 713 g/mol. The van der Waals surface area contributed by atoms with E-state index in [9.17, 15) is 0 Å². The highest BCUT2D eigenvalue weighted by Gasteiger charge is 2.23. The molecule has 0 radical (unpaired) electrons. The van der Waals surface area contributed by atoms with Crippen LogP contribution in [0.25, 0.3) is 87.6 Å². The van der Waals surface area contributed by atoms with Gasteiger partial charge in [0.15, 0.2) is 0 Å². The van der Waals surface area contributed by atoms with Crippen molar-refractivity contribution in [3.63, 3.8) is 0 Å². The lowest BCUT2D eigenvalue weighted by molar-refractivity contribution is 0.670. The zero-order valence-corrected chi connectivity index (χ0v) is 30.6. The van der Waals surface area contributed by atoms with Crippen LogP contribution in [-0.4, -0.2) is 0 Å². The Morgan fingerprint density at radius 1 is 0.321 bits per heavy atom. The number of hydrogen-bond donors (Lipinski definition) is 0. The summed E-state index contributed by atoms with van der Waals surface area (Å²) >= 11 is 0. The van der Waals surface area contributed by atoms with E-state index in [-0.39, 0.29) is 0 Å². The lowest BCUT2D eigenvalue weighted by Crippen LogP contribution is -2.10. The van der Waals surface area contributed by atoms with E-state index in [4.69, 9.17) is 4.42 Å². The summed E-state index contributed by atoms with van der Waals surface area (Å²) in [5.74, 6) is 0. The zero-order valence-electron chi connectivity index (χ0n) is 30.6. The van der Waals surface area contributed by atoms with Crippen LogP contribution >= 0.6 is 0 Å². The number of fused-ring (bicyclic) bond motifs is 7. The SMILES string of the molecule is c1ccc(-c2ccc(-c3ccc(N(c4ccc5ccc6ccccc6c5c4)c4ccc(-c5cccc6ccccc56)c5oc6ccccc6c45)cc3)cc2)cc1. The van der Waals surface area contributed by atoms with Gasteiger partial charge in [-0.2, -0.15) is 0 Å². The van der Waals surface area contributed by atoms with E-state index in [0.717, 1.165) is 50.1 Å². The number of furan rings is 1. The number of nitrogens with zero attached hydrogens (tertiary/aromatic N) is 1. The second-order valence-electron chi connectivity index (χ2n) is 14.5. The Labute approximate surface area is 325 Å². The molecular weight excluding hydrogens is 679 g/mol. The van der Waals surface area contributed by atoms with Crippen LogP contribution in [-0.2, 0) is 0 Å². The van der Waals surface area contributed by atoms with E-state index in [1.54, 1.807) is 0 Å². The molecule has 2 nitrogen and oxygen atoms in total. The van der Waals surface area contributed by atoms with Gasteiger partial charge >= 0.3 is 0 Å². The molecule has 0 aliphatic rings. The van der Waals surface area contributed by atoms with Crippen molar-refractivity contribution < 1.29 is 4.42 Å². The van der Waals surface area contributed by atoms with Gasteiger partial charge in [-0.15, -0.1) is 0 Å². The Bertz CT molecular complexity index is 3230. The van der Waals surface area contributed by atoms with E-state index in [2.05, 4.69) is 217 Å². The third kappa shape index (κ3) is 5.34. The molecule has 0 saturated heterocycles. The fourth-order valence-corrected chi connectivity index (χ4v) is 8.51. The fourth-order valence-electron chi connectivity index (χ4n) is 8.51. The van der Waals surface area contributed by atoms with Crippen molar-refractivity contribution in [2.75, 3.05) is 4.90 Å². The average Bonchev–Trinajstić information content (AvgIpc) is 3.67. The summed E-state index contributed by atoms with van der Waals surface area (Å²) in [6, 6.07) is 76.4. The van der Waals surface area contributed by atoms with Gasteiger partial charge in [0.2, 0.25) is 0 Å². The summed E-state index contributed by atoms with van der Waals surface area (Å²) in [5, 5.41) is 9.50. The van der Waals surface area contributed by atoms with Crippen LogP contribution < -0.4 is 4.90 Å². The summed E-state index contributed by atoms with van der Waals surface area (Å²) < 4.78 is 6.87. The van der Waals surface area contributed by atoms with Crippen molar-refractivity contribution in [2.24, 2.45) is 0 Å². The lowest BCUT2D eigenvalue weighted by atomic mass is 9.95. The Kier molecular flexibility index (Phi) is 7.53. The van der Waals surface area contributed by atoms with Crippen molar-refractivity contribution in [2.45, 2.75) is 0 Å². The van der Waals surface area contributed by atoms with Gasteiger partial charge in [0.05, 0.1) is 11.1 Å². The van der Waals surface area contributed by atoms with Crippen LogP contribution in [0, 0.1) is 0 Å². The molecule has 0 aliphatic heterocycles. The van der Waals surface area contributed by atoms with Crippen molar-refractivity contribution in [1.82, 2.24) is 0 Å². The first-order valence-corrected chi connectivity index (χ1v) is 19.2. The molecule has 2 heteroatoms. The minimum atomic E-state index is 0.871. The van der Waals surface area contributed by atoms with Crippen molar-refractivity contribution in [1.29, 1.82) is 0 Å². The summed E-state index contributed by atoms with van der Waals surface area (Å²) in [5.41, 5.74) is 12.0. The number of benzene rings is 10. The molecule has 0 aliphatic carbocycles. The standard InChI is InChI=1S/C54H35NO/c1-2-11-36(12-3-1)37-21-23-38(24-22-37)39-27-30-43(31-28-39)55(44-32-29-42-26-25-41-14-5-7-17-46(41)50(42)35-44)51-34-33-48(47-19-10-15-40-13-4-6-16-45(40)47)54-53(51)49-18-8-9-20-52(49)56-54/h1-35H. The van der Waals surface area contributed by atoms with Crippen molar-refractivity contribution in [3.05, 3.63) is 212 Å². The molecule has 11 aromatic rings. The predicted octanol–water partition coefficient (Wildman–Crippen LogP) is 15.5. The maximum Gasteiger partial charge on any atom is 0.145 e. The molecule has 10 aromatic carbocycles. The van der Waals surface area contributed by atoms with E-state index in [0.29, 0.717) is 0 Å². The topological polar surface area (TPSA) is 16.4 Å². The molecule has 0 unspecified atom stereocenters. The third-order valence-electron chi connectivity index (χ3n) is 11.3. The molecule has 0 N–H and O–H groups in total. The van der Waals surface area contributed by atoms with Crippen LogP contribution in [0.5, 0.6) is 0 Å². The van der Waals surface area contributed by atoms with Crippen LogP contribution in [0.4, 0.5) is 17.1 Å². The molecular formula is C54H35NO. The molecule has 11 rings (SSSR count). The van der Waals surface area contributed by atoms with E-state index in [1.807, 2.05) is 0 Å². The highest BCUT2D eigenvalue weighted by Crippen LogP contribution is 2.47. The Hall–Kier alpha value is -7.42. The van der Waals surface area contributed by atoms with E-state index < -0.39 is 0 Å². The molecule has 0 amide bonds. The van der Waals surface area contributed by atoms with Gasteiger partial charge in [-0.05, 0) is 103 Å². The lowest BCUT2D eigenvalue weighted by Gasteiger charge is -2.27. The van der Waals surface area contributed by atoms with Gasteiger partial charge in [0.25, 0.3) is 0 Å². The first-order chi connectivity index (χ1) is 27.8. The normalized spacial score (nSPS) is 11.6. The van der Waals surface area contributed by atoms with Crippen LogP contribution in [0.15, 0.2) is 217 Å². The number of hydrogen-bond acceptors (Lipinski definition) is 2. The quantitative estimate of drug-likeness (QED) is 0.160. The fraction of sp³-hybridized carbons (Fsp3) is 0. The molecule has 0 spiro atoms. The first-order valence-electron chi connectivity index (χ1n) is 19.2. The van der Waals surface area contributed by atoms with E-state index in [1.165, 1.54) is 54.6 Å². The molecule has 0 atom stereocenters. The van der Waals surface area contributed by atoms with Gasteiger partial charge in [-0.25, -0.2) is 0 Å². The Morgan fingerprint density at radius 3 is 1.61 bits per heavy atom. The average molecular weight is 714 g/mol. The Morgan fingerprint density at radius 2 is 0.857 bits per heavy atom. The van der Waals surface area contributed by atoms with Crippen molar-refractivity contribution >= 4 is 71.3 Å². The smallest absolute Gasteiger partial charge is 0.145 e. The summed E-state index contributed by atoms with van der Waals surface area (Å²) in [6.45, 7) is 0. The highest BCUT2D eigenvalue weighted by atomic mass is 16.3. The molecule has 0 saturated carbocycles. The zero-order chi connectivity index (χ0) is 37.0. The van der Waals surface area contributed by atoms with Gasteiger partial charge in [0, 0.05) is 22.3 Å². The molecule has 0 fully saturated rings. The molecule has 1 aromatic heterocycles. The highest BCUT2D eigenvalue weighted by molar-refractivity contribution is 6.19. The van der Waals surface area contributed by atoms with Crippen LogP contribution in [0.2, 0.25) is 0 Å². The first kappa shape index (κ1) is 32.0. The van der Waals surface area contributed by atoms with E-state index >= 15 is 0 Å². The maximum absolute atomic E-state index is 6.87.